The number of esters is 1. The molecule has 3 heterocycles. The number of aliphatic hydroxyl groups is 4. The SMILES string of the molecule is CO[C@@H]1C[C@H](C[C@@H](C)[C@@H]2CC(=O)[C@H](C)/C=C(\C)[C@@H](O)[C@@H](OC)C(=O)[C@H](C)C[C@H](C)/C=C/C=CC=C(C)C(OCCO)C[C@@H]3CC[C@@H](C)[C@@](O)(O3)C(=O)C(=O)N3CCCC[C@H]3C(=O)O2)CC[C@H]1O. The maximum Gasteiger partial charge on any atom is 0.329 e. The summed E-state index contributed by atoms with van der Waals surface area (Å²) < 4.78 is 29.6. The van der Waals surface area contributed by atoms with Gasteiger partial charge in [0, 0.05) is 51.4 Å². The zero-order valence-corrected chi connectivity index (χ0v) is 41.5. The van der Waals surface area contributed by atoms with E-state index < -0.39 is 83.9 Å². The van der Waals surface area contributed by atoms with Gasteiger partial charge in [0.05, 0.1) is 37.6 Å². The lowest BCUT2D eigenvalue weighted by Gasteiger charge is -2.43. The number of rotatable bonds is 8. The Bertz CT molecular complexity index is 1790. The first kappa shape index (κ1) is 56.2. The Hall–Kier alpha value is -3.41. The van der Waals surface area contributed by atoms with Crippen LogP contribution in [-0.2, 0) is 47.7 Å². The summed E-state index contributed by atoms with van der Waals surface area (Å²) in [6, 6.07) is -1.16. The highest BCUT2D eigenvalue weighted by Gasteiger charge is 2.53. The summed E-state index contributed by atoms with van der Waals surface area (Å²) in [7, 11) is 2.93. The fourth-order valence-corrected chi connectivity index (χ4v) is 10.2. The topological polar surface area (TPSA) is 216 Å². The normalized spacial score (nSPS) is 38.3. The van der Waals surface area contributed by atoms with E-state index in [-0.39, 0.29) is 74.4 Å². The van der Waals surface area contributed by atoms with Gasteiger partial charge in [-0.1, -0.05) is 71.1 Å². The van der Waals surface area contributed by atoms with Crippen molar-refractivity contribution in [3.05, 3.63) is 47.6 Å². The minimum atomic E-state index is -2.48. The van der Waals surface area contributed by atoms with Crippen LogP contribution in [0, 0.1) is 35.5 Å². The standard InChI is InChI=1S/C52H81NO14/c1-31-15-11-10-12-16-32(2)43(65-24-23-54)29-39-20-18-37(7)52(62,67-39)49(59)50(60)53-22-14-13-17-40(53)51(61)66-44(34(4)27-38-19-21-41(55)45(28-38)63-8)30-42(56)33(3)26-36(6)47(58)48(64-9)46(57)35(5)25-31/h10-12,15-16,26,31,33-35,37-41,43-45,47-48,54-55,58,62H,13-14,17-25,27-30H2,1-9H3/b12-10?,15-11+,32-16?,36-26+/t31-,33-,34-,35-,37-,38+,39+,40+,41-,43?,44+,45-,47-,48+,52-/m1/s1. The molecule has 2 bridgehead atoms. The minimum Gasteiger partial charge on any atom is -0.460 e. The number of fused-ring (bicyclic) bond motifs is 3. The van der Waals surface area contributed by atoms with Gasteiger partial charge in [-0.15, -0.1) is 0 Å². The van der Waals surface area contributed by atoms with Crippen LogP contribution in [0.25, 0.3) is 0 Å². The monoisotopic (exact) mass is 944 g/mol. The molecule has 4 aliphatic rings. The average molecular weight is 944 g/mol. The molecule has 0 aromatic rings. The Balaban J connectivity index is 1.72. The minimum absolute atomic E-state index is 0.00947. The number of methoxy groups -OCH3 is 2. The number of piperidine rings is 1. The molecule has 15 atom stereocenters. The summed E-state index contributed by atoms with van der Waals surface area (Å²) in [5, 5.41) is 43.5. The average Bonchev–Trinajstić information content (AvgIpc) is 3.30. The van der Waals surface area contributed by atoms with Crippen LogP contribution in [-0.4, -0.2) is 143 Å². The molecule has 1 saturated carbocycles. The van der Waals surface area contributed by atoms with Crippen LogP contribution in [0.15, 0.2) is 47.6 Å². The molecule has 0 aromatic carbocycles. The summed E-state index contributed by atoms with van der Waals surface area (Å²) in [6.07, 6.45) is 10.4. The van der Waals surface area contributed by atoms with Gasteiger partial charge >= 0.3 is 5.97 Å². The number of allylic oxidation sites excluding steroid dienone is 6. The van der Waals surface area contributed by atoms with Gasteiger partial charge in [-0.2, -0.15) is 0 Å². The summed E-state index contributed by atoms with van der Waals surface area (Å²) in [5.74, 6) is -8.25. The number of aliphatic hydroxyl groups excluding tert-OH is 3. The van der Waals surface area contributed by atoms with Crippen molar-refractivity contribution in [1.82, 2.24) is 4.90 Å². The summed E-state index contributed by atoms with van der Waals surface area (Å²) in [6.45, 7) is 12.4. The fourth-order valence-electron chi connectivity index (χ4n) is 10.2. The molecule has 0 aromatic heterocycles. The molecule has 378 valence electrons. The molecule has 4 rings (SSSR count). The van der Waals surface area contributed by atoms with Crippen LogP contribution in [0.4, 0.5) is 0 Å². The van der Waals surface area contributed by atoms with Gasteiger partial charge in [-0.25, -0.2) is 4.79 Å². The van der Waals surface area contributed by atoms with Crippen LogP contribution in [0.3, 0.4) is 0 Å². The first-order valence-electron chi connectivity index (χ1n) is 24.6. The molecular formula is C52H81NO14. The Labute approximate surface area is 398 Å². The number of nitrogens with zero attached hydrogens (tertiary/aromatic N) is 1. The van der Waals surface area contributed by atoms with Crippen LogP contribution in [0.1, 0.15) is 126 Å². The van der Waals surface area contributed by atoms with E-state index >= 15 is 0 Å². The quantitative estimate of drug-likeness (QED) is 0.134. The van der Waals surface area contributed by atoms with Gasteiger partial charge in [-0.05, 0) is 107 Å². The van der Waals surface area contributed by atoms with Crippen LogP contribution in [0.5, 0.6) is 0 Å². The van der Waals surface area contributed by atoms with Gasteiger partial charge in [0.2, 0.25) is 5.79 Å². The van der Waals surface area contributed by atoms with E-state index in [1.807, 2.05) is 51.2 Å². The Morgan fingerprint density at radius 1 is 0.881 bits per heavy atom. The zero-order valence-electron chi connectivity index (χ0n) is 41.5. The maximum atomic E-state index is 14.4. The van der Waals surface area contributed by atoms with Gasteiger partial charge in [0.1, 0.15) is 30.1 Å². The highest BCUT2D eigenvalue weighted by molar-refractivity contribution is 6.39. The molecule has 15 heteroatoms. The Morgan fingerprint density at radius 2 is 1.61 bits per heavy atom. The lowest BCUT2D eigenvalue weighted by molar-refractivity contribution is -0.266. The van der Waals surface area contributed by atoms with Crippen LogP contribution in [0.2, 0.25) is 0 Å². The van der Waals surface area contributed by atoms with Crippen molar-refractivity contribution < 1.29 is 68.1 Å². The molecule has 0 radical (unpaired) electrons. The first-order valence-corrected chi connectivity index (χ1v) is 24.6. The number of carbonyl (C=O) groups excluding carboxylic acids is 5. The molecule has 1 amide bonds. The molecule has 67 heavy (non-hydrogen) atoms. The second-order valence-electron chi connectivity index (χ2n) is 19.9. The van der Waals surface area contributed by atoms with E-state index in [0.29, 0.717) is 63.4 Å². The largest absolute Gasteiger partial charge is 0.460 e. The third-order valence-electron chi connectivity index (χ3n) is 14.6. The molecule has 2 saturated heterocycles. The van der Waals surface area contributed by atoms with Gasteiger partial charge in [-0.3, -0.25) is 19.2 Å². The third-order valence-corrected chi connectivity index (χ3v) is 14.6. The predicted molar refractivity (Wildman–Crippen MR) is 251 cm³/mol. The molecule has 3 fully saturated rings. The second kappa shape index (κ2) is 26.5. The fraction of sp³-hybridized carbons (Fsp3) is 0.750. The Kier molecular flexibility index (Phi) is 22.3. The predicted octanol–water partition coefficient (Wildman–Crippen LogP) is 5.54. The third kappa shape index (κ3) is 15.3. The highest BCUT2D eigenvalue weighted by atomic mass is 16.6. The molecule has 1 aliphatic carbocycles. The second-order valence-corrected chi connectivity index (χ2v) is 19.9. The number of hydrogen-bond donors (Lipinski definition) is 4. The zero-order chi connectivity index (χ0) is 49.6. The molecule has 3 aliphatic heterocycles. The summed E-state index contributed by atoms with van der Waals surface area (Å²) in [5.41, 5.74) is 1.17. The van der Waals surface area contributed by atoms with Gasteiger partial charge < -0.3 is 49.0 Å². The first-order chi connectivity index (χ1) is 31.7. The van der Waals surface area contributed by atoms with Crippen molar-refractivity contribution in [2.75, 3.05) is 34.0 Å². The van der Waals surface area contributed by atoms with E-state index in [1.54, 1.807) is 40.9 Å². The molecule has 15 nitrogen and oxygen atoms in total. The molecular weight excluding hydrogens is 863 g/mol. The van der Waals surface area contributed by atoms with E-state index in [9.17, 15) is 44.4 Å². The smallest absolute Gasteiger partial charge is 0.329 e. The molecule has 0 spiro atoms. The van der Waals surface area contributed by atoms with Gasteiger partial charge in [0.15, 0.2) is 5.78 Å². The van der Waals surface area contributed by atoms with E-state index in [0.717, 1.165) is 5.57 Å². The maximum absolute atomic E-state index is 14.4. The number of hydrogen-bond acceptors (Lipinski definition) is 14. The van der Waals surface area contributed by atoms with Crippen molar-refractivity contribution >= 4 is 29.2 Å². The summed E-state index contributed by atoms with van der Waals surface area (Å²) >= 11 is 0. The van der Waals surface area contributed by atoms with Crippen molar-refractivity contribution in [2.45, 2.75) is 180 Å². The van der Waals surface area contributed by atoms with Gasteiger partial charge in [0.25, 0.3) is 11.7 Å². The number of amides is 1. The van der Waals surface area contributed by atoms with Crippen molar-refractivity contribution in [3.63, 3.8) is 0 Å². The lowest BCUT2D eigenvalue weighted by Crippen LogP contribution is -2.61. The van der Waals surface area contributed by atoms with Crippen molar-refractivity contribution in [2.24, 2.45) is 35.5 Å². The lowest BCUT2D eigenvalue weighted by atomic mass is 9.78. The molecule has 4 N–H and O–H groups in total. The van der Waals surface area contributed by atoms with Crippen molar-refractivity contribution in [1.29, 1.82) is 0 Å². The number of ketones is 3. The number of carbonyl (C=O) groups is 5. The Morgan fingerprint density at radius 3 is 2.30 bits per heavy atom. The number of ether oxygens (including phenoxy) is 5. The number of cyclic esters (lactones) is 1. The van der Waals surface area contributed by atoms with E-state index in [2.05, 4.69) is 0 Å². The number of Topliss-reactive ketones (excluding diaryl/α,β-unsaturated/α-hetero) is 3. The van der Waals surface area contributed by atoms with Crippen LogP contribution < -0.4 is 0 Å². The molecule has 1 unspecified atom stereocenters. The van der Waals surface area contributed by atoms with E-state index in [1.165, 1.54) is 12.0 Å². The highest BCUT2D eigenvalue weighted by Crippen LogP contribution is 2.38. The van der Waals surface area contributed by atoms with Crippen LogP contribution >= 0.6 is 0 Å². The summed E-state index contributed by atoms with van der Waals surface area (Å²) in [4.78, 5) is 72.0. The van der Waals surface area contributed by atoms with Crippen molar-refractivity contribution in [3.8, 4) is 0 Å². The van der Waals surface area contributed by atoms with E-state index in [4.69, 9.17) is 23.7 Å².